The molecule has 0 spiro atoms. The van der Waals surface area contributed by atoms with E-state index in [1.165, 1.54) is 4.90 Å². The molecule has 0 fully saturated rings. The van der Waals surface area contributed by atoms with Crippen molar-refractivity contribution < 1.29 is 18.0 Å². The average Bonchev–Trinajstić information content (AvgIpc) is 2.74. The van der Waals surface area contributed by atoms with Crippen LogP contribution in [0.3, 0.4) is 0 Å². The number of nitrogens with zero attached hydrogens (tertiary/aromatic N) is 2. The van der Waals surface area contributed by atoms with E-state index in [2.05, 4.69) is 5.32 Å². The van der Waals surface area contributed by atoms with E-state index in [-0.39, 0.29) is 25.0 Å². The Morgan fingerprint density at radius 2 is 1.56 bits per heavy atom. The molecular formula is C24H33N3O4S. The van der Waals surface area contributed by atoms with Gasteiger partial charge in [-0.2, -0.15) is 0 Å². The van der Waals surface area contributed by atoms with Gasteiger partial charge in [0.2, 0.25) is 21.8 Å². The van der Waals surface area contributed by atoms with Crippen molar-refractivity contribution in [3.63, 3.8) is 0 Å². The molecule has 2 amide bonds. The summed E-state index contributed by atoms with van der Waals surface area (Å²) < 4.78 is 26.4. The van der Waals surface area contributed by atoms with Crippen LogP contribution in [0, 0.1) is 0 Å². The second-order valence-corrected chi connectivity index (χ2v) is 10.0. The molecule has 0 aliphatic heterocycles. The minimum absolute atomic E-state index is 0.0809. The predicted octanol–water partition coefficient (Wildman–Crippen LogP) is 2.96. The fourth-order valence-electron chi connectivity index (χ4n) is 3.42. The normalized spacial score (nSPS) is 12.3. The van der Waals surface area contributed by atoms with Crippen LogP contribution in [0.5, 0.6) is 0 Å². The van der Waals surface area contributed by atoms with E-state index in [4.69, 9.17) is 0 Å². The number of hydrogen-bond donors (Lipinski definition) is 1. The maximum Gasteiger partial charge on any atom is 0.244 e. The lowest BCUT2D eigenvalue weighted by Crippen LogP contribution is -2.52. The Balaban J connectivity index is 2.40. The summed E-state index contributed by atoms with van der Waals surface area (Å²) in [7, 11) is -3.73. The van der Waals surface area contributed by atoms with Gasteiger partial charge in [0.1, 0.15) is 12.6 Å². The Kier molecular flexibility index (Phi) is 8.83. The number of sulfonamides is 1. The van der Waals surface area contributed by atoms with Gasteiger partial charge in [0.25, 0.3) is 0 Å². The van der Waals surface area contributed by atoms with E-state index < -0.39 is 22.0 Å². The number of benzene rings is 2. The molecule has 7 nitrogen and oxygen atoms in total. The topological polar surface area (TPSA) is 86.8 Å². The molecule has 0 saturated heterocycles. The lowest BCUT2D eigenvalue weighted by molar-refractivity contribution is -0.139. The lowest BCUT2D eigenvalue weighted by atomic mass is 10.1. The first-order valence-electron chi connectivity index (χ1n) is 10.7. The van der Waals surface area contributed by atoms with E-state index in [0.29, 0.717) is 12.1 Å². The Bertz CT molecular complexity index is 1020. The molecule has 8 heteroatoms. The molecule has 2 aromatic rings. The zero-order valence-electron chi connectivity index (χ0n) is 19.4. The van der Waals surface area contributed by atoms with Crippen molar-refractivity contribution in [3.05, 3.63) is 65.7 Å². The standard InChI is InChI=1S/C24H33N3O4S/c1-6-21-14-10-11-15-22(21)27(32(5,30)31)17-23(28)26(16-20-12-8-7-9-13-20)19(4)24(29)25-18(2)3/h7-15,18-19H,6,16-17H2,1-5H3,(H,25,29). The highest BCUT2D eigenvalue weighted by molar-refractivity contribution is 7.92. The molecule has 1 unspecified atom stereocenters. The van der Waals surface area contributed by atoms with Crippen molar-refractivity contribution in [1.29, 1.82) is 0 Å². The van der Waals surface area contributed by atoms with Crippen LogP contribution in [0.15, 0.2) is 54.6 Å². The van der Waals surface area contributed by atoms with Gasteiger partial charge in [0.15, 0.2) is 0 Å². The molecule has 0 aliphatic carbocycles. The largest absolute Gasteiger partial charge is 0.352 e. The molecule has 2 aromatic carbocycles. The summed E-state index contributed by atoms with van der Waals surface area (Å²) in [6.45, 7) is 7.09. The molecule has 1 atom stereocenters. The molecule has 0 saturated carbocycles. The van der Waals surface area contributed by atoms with Crippen molar-refractivity contribution in [2.75, 3.05) is 17.1 Å². The first-order chi connectivity index (χ1) is 15.0. The van der Waals surface area contributed by atoms with Crippen LogP contribution in [-0.2, 0) is 32.6 Å². The van der Waals surface area contributed by atoms with Gasteiger partial charge in [-0.25, -0.2) is 8.42 Å². The average molecular weight is 460 g/mol. The zero-order valence-corrected chi connectivity index (χ0v) is 20.2. The number of amides is 2. The number of rotatable bonds is 10. The van der Waals surface area contributed by atoms with E-state index in [9.17, 15) is 18.0 Å². The third-order valence-electron chi connectivity index (χ3n) is 5.11. The number of anilines is 1. The number of carbonyl (C=O) groups excluding carboxylic acids is 2. The smallest absolute Gasteiger partial charge is 0.244 e. The molecule has 1 N–H and O–H groups in total. The fraction of sp³-hybridized carbons (Fsp3) is 0.417. The second kappa shape index (κ2) is 11.1. The summed E-state index contributed by atoms with van der Waals surface area (Å²) in [5.41, 5.74) is 2.15. The number of aryl methyl sites for hydroxylation is 1. The summed E-state index contributed by atoms with van der Waals surface area (Å²) in [5.74, 6) is -0.735. The van der Waals surface area contributed by atoms with Crippen molar-refractivity contribution in [3.8, 4) is 0 Å². The number of carbonyl (C=O) groups is 2. The Morgan fingerprint density at radius 1 is 0.969 bits per heavy atom. The first kappa shape index (κ1) is 25.4. The Morgan fingerprint density at radius 3 is 2.12 bits per heavy atom. The third-order valence-corrected chi connectivity index (χ3v) is 6.24. The van der Waals surface area contributed by atoms with Gasteiger partial charge in [0.05, 0.1) is 11.9 Å². The predicted molar refractivity (Wildman–Crippen MR) is 128 cm³/mol. The summed E-state index contributed by atoms with van der Waals surface area (Å²) in [6.07, 6.45) is 1.71. The molecule has 174 valence electrons. The summed E-state index contributed by atoms with van der Waals surface area (Å²) >= 11 is 0. The van der Waals surface area contributed by atoms with Gasteiger partial charge < -0.3 is 10.2 Å². The van der Waals surface area contributed by atoms with Crippen molar-refractivity contribution in [1.82, 2.24) is 10.2 Å². The molecular weight excluding hydrogens is 426 g/mol. The van der Waals surface area contributed by atoms with Crippen molar-refractivity contribution in [2.45, 2.75) is 52.7 Å². The van der Waals surface area contributed by atoms with E-state index in [0.717, 1.165) is 21.7 Å². The molecule has 0 aliphatic rings. The minimum atomic E-state index is -3.73. The number of hydrogen-bond acceptors (Lipinski definition) is 4. The molecule has 0 radical (unpaired) electrons. The molecule has 0 heterocycles. The van der Waals surface area contributed by atoms with Crippen molar-refractivity contribution >= 4 is 27.5 Å². The highest BCUT2D eigenvalue weighted by atomic mass is 32.2. The highest BCUT2D eigenvalue weighted by Gasteiger charge is 2.30. The lowest BCUT2D eigenvalue weighted by Gasteiger charge is -2.32. The van der Waals surface area contributed by atoms with Crippen LogP contribution in [0.2, 0.25) is 0 Å². The molecule has 32 heavy (non-hydrogen) atoms. The minimum Gasteiger partial charge on any atom is -0.352 e. The Hall–Kier alpha value is -2.87. The van der Waals surface area contributed by atoms with Crippen LogP contribution in [0.25, 0.3) is 0 Å². The monoisotopic (exact) mass is 459 g/mol. The van der Waals surface area contributed by atoms with Crippen LogP contribution in [0.4, 0.5) is 5.69 Å². The van der Waals surface area contributed by atoms with Crippen molar-refractivity contribution in [2.24, 2.45) is 0 Å². The summed E-state index contributed by atoms with van der Waals surface area (Å²) in [6, 6.07) is 15.6. The first-order valence-corrected chi connectivity index (χ1v) is 12.6. The van der Waals surface area contributed by atoms with E-state index >= 15 is 0 Å². The van der Waals surface area contributed by atoms with Gasteiger partial charge in [0, 0.05) is 12.6 Å². The maximum atomic E-state index is 13.4. The van der Waals surface area contributed by atoms with Gasteiger partial charge in [-0.15, -0.1) is 0 Å². The third kappa shape index (κ3) is 6.82. The van der Waals surface area contributed by atoms with Crippen LogP contribution in [0.1, 0.15) is 38.8 Å². The number of nitrogens with one attached hydrogen (secondary N) is 1. The van der Waals surface area contributed by atoms with Gasteiger partial charge in [-0.3, -0.25) is 13.9 Å². The SMILES string of the molecule is CCc1ccccc1N(CC(=O)N(Cc1ccccc1)C(C)C(=O)NC(C)C)S(C)(=O)=O. The summed E-state index contributed by atoms with van der Waals surface area (Å²) in [5, 5.41) is 2.83. The van der Waals surface area contributed by atoms with Crippen LogP contribution in [-0.4, -0.2) is 50.0 Å². The summed E-state index contributed by atoms with van der Waals surface area (Å²) in [4.78, 5) is 27.6. The van der Waals surface area contributed by atoms with E-state index in [1.54, 1.807) is 19.1 Å². The zero-order chi connectivity index (χ0) is 23.9. The van der Waals surface area contributed by atoms with Gasteiger partial charge >= 0.3 is 0 Å². The fourth-order valence-corrected chi connectivity index (χ4v) is 4.30. The van der Waals surface area contributed by atoms with Gasteiger partial charge in [-0.1, -0.05) is 55.5 Å². The molecule has 0 aromatic heterocycles. The van der Waals surface area contributed by atoms with Crippen LogP contribution < -0.4 is 9.62 Å². The maximum absolute atomic E-state index is 13.4. The molecule has 2 rings (SSSR count). The highest BCUT2D eigenvalue weighted by Crippen LogP contribution is 2.24. The van der Waals surface area contributed by atoms with Gasteiger partial charge in [-0.05, 0) is 44.4 Å². The Labute approximate surface area is 191 Å². The quantitative estimate of drug-likeness (QED) is 0.592. The van der Waals surface area contributed by atoms with Crippen LogP contribution >= 0.6 is 0 Å². The number of para-hydroxylation sites is 1. The second-order valence-electron chi connectivity index (χ2n) is 8.10. The van der Waals surface area contributed by atoms with E-state index in [1.807, 2.05) is 63.2 Å². The molecule has 0 bridgehead atoms.